The number of aryl methyl sites for hydroxylation is 1. The van der Waals surface area contributed by atoms with E-state index in [4.69, 9.17) is 0 Å². The molecule has 2 aromatic rings. The Morgan fingerprint density at radius 3 is 2.00 bits per heavy atom. The molecule has 1 aromatic carbocycles. The molecule has 0 amide bonds. The lowest BCUT2D eigenvalue weighted by Gasteiger charge is -2.21. The lowest BCUT2D eigenvalue weighted by molar-refractivity contribution is 0.588. The predicted molar refractivity (Wildman–Crippen MR) is 82.8 cm³/mol. The molecule has 0 spiro atoms. The highest BCUT2D eigenvalue weighted by Crippen LogP contribution is 2.25. The molecular weight excluding hydrogens is 246 g/mol. The Hall–Kier alpha value is -1.74. The molecule has 2 rings (SSSR count). The quantitative estimate of drug-likeness (QED) is 0.928. The van der Waals surface area contributed by atoms with Gasteiger partial charge >= 0.3 is 0 Å². The summed E-state index contributed by atoms with van der Waals surface area (Å²) < 4.78 is 0. The molecule has 0 fully saturated rings. The zero-order chi connectivity index (χ0) is 14.8. The topological polar surface area (TPSA) is 37.8 Å². The average Bonchev–Trinajstić information content (AvgIpc) is 2.41. The predicted octanol–water partition coefficient (Wildman–Crippen LogP) is 3.39. The Morgan fingerprint density at radius 1 is 1.00 bits per heavy atom. The van der Waals surface area contributed by atoms with Crippen molar-refractivity contribution in [3.8, 4) is 0 Å². The summed E-state index contributed by atoms with van der Waals surface area (Å²) in [6.45, 7) is 8.66. The number of nitrogens with one attached hydrogen (secondary N) is 1. The molecule has 3 nitrogen and oxygen atoms in total. The third kappa shape index (κ3) is 3.23. The maximum Gasteiger partial charge on any atom is 0.149 e. The molecule has 1 aromatic heterocycles. The summed E-state index contributed by atoms with van der Waals surface area (Å²) in [5, 5.41) is 3.29. The number of benzene rings is 1. The van der Waals surface area contributed by atoms with Gasteiger partial charge in [-0.2, -0.15) is 0 Å². The molecule has 0 aliphatic rings. The van der Waals surface area contributed by atoms with Gasteiger partial charge in [0.1, 0.15) is 5.82 Å². The van der Waals surface area contributed by atoms with Crippen molar-refractivity contribution in [3.05, 3.63) is 59.2 Å². The molecule has 0 saturated heterocycles. The summed E-state index contributed by atoms with van der Waals surface area (Å²) in [5.74, 6) is 0.807. The second-order valence-corrected chi connectivity index (χ2v) is 6.21. The largest absolute Gasteiger partial charge is 0.307 e. The van der Waals surface area contributed by atoms with Crippen LogP contribution in [-0.4, -0.2) is 17.0 Å². The Labute approximate surface area is 121 Å². The third-order valence-electron chi connectivity index (χ3n) is 3.46. The van der Waals surface area contributed by atoms with Gasteiger partial charge < -0.3 is 5.32 Å². The molecule has 0 aliphatic carbocycles. The van der Waals surface area contributed by atoms with Gasteiger partial charge in [-0.05, 0) is 36.1 Å². The maximum absolute atomic E-state index is 4.42. The van der Waals surface area contributed by atoms with E-state index in [2.05, 4.69) is 60.3 Å². The summed E-state index contributed by atoms with van der Waals surface area (Å²) in [6.07, 6.45) is 3.71. The molecular formula is C17H23N3. The lowest BCUT2D eigenvalue weighted by atomic mass is 9.86. The van der Waals surface area contributed by atoms with Crippen molar-refractivity contribution in [2.75, 3.05) is 7.05 Å². The maximum atomic E-state index is 4.42. The van der Waals surface area contributed by atoms with Crippen LogP contribution in [0.4, 0.5) is 0 Å². The van der Waals surface area contributed by atoms with Crippen molar-refractivity contribution >= 4 is 0 Å². The van der Waals surface area contributed by atoms with Crippen LogP contribution >= 0.6 is 0 Å². The minimum atomic E-state index is 0.0321. The SMILES string of the molecule is CNC(c1ccc(C(C)(C)C)cc1)c1ncc(C)cn1. The Morgan fingerprint density at radius 2 is 1.55 bits per heavy atom. The standard InChI is InChI=1S/C17H23N3/c1-12-10-19-16(20-11-12)15(18-5)13-6-8-14(9-7-13)17(2,3)4/h6-11,15,18H,1-5H3. The molecule has 0 saturated carbocycles. The summed E-state index contributed by atoms with van der Waals surface area (Å²) in [7, 11) is 1.94. The fourth-order valence-corrected chi connectivity index (χ4v) is 2.17. The highest BCUT2D eigenvalue weighted by Gasteiger charge is 2.17. The van der Waals surface area contributed by atoms with Crippen LogP contribution in [0.1, 0.15) is 49.3 Å². The van der Waals surface area contributed by atoms with Crippen LogP contribution in [0.5, 0.6) is 0 Å². The van der Waals surface area contributed by atoms with E-state index in [1.165, 1.54) is 11.1 Å². The first kappa shape index (κ1) is 14.7. The minimum absolute atomic E-state index is 0.0321. The van der Waals surface area contributed by atoms with E-state index >= 15 is 0 Å². The van der Waals surface area contributed by atoms with Gasteiger partial charge in [0.05, 0.1) is 6.04 Å². The van der Waals surface area contributed by atoms with Gasteiger partial charge in [-0.3, -0.25) is 0 Å². The average molecular weight is 269 g/mol. The van der Waals surface area contributed by atoms with E-state index in [0.29, 0.717) is 0 Å². The van der Waals surface area contributed by atoms with Crippen molar-refractivity contribution in [2.45, 2.75) is 39.2 Å². The molecule has 20 heavy (non-hydrogen) atoms. The van der Waals surface area contributed by atoms with E-state index in [1.807, 2.05) is 26.4 Å². The van der Waals surface area contributed by atoms with Crippen LogP contribution in [0.2, 0.25) is 0 Å². The van der Waals surface area contributed by atoms with Crippen molar-refractivity contribution in [3.63, 3.8) is 0 Å². The van der Waals surface area contributed by atoms with Crippen LogP contribution in [0.25, 0.3) is 0 Å². The zero-order valence-corrected chi connectivity index (χ0v) is 12.9. The lowest BCUT2D eigenvalue weighted by Crippen LogP contribution is -2.20. The van der Waals surface area contributed by atoms with Gasteiger partial charge in [0.2, 0.25) is 0 Å². The molecule has 0 radical (unpaired) electrons. The highest BCUT2D eigenvalue weighted by atomic mass is 15.0. The molecule has 1 atom stereocenters. The van der Waals surface area contributed by atoms with Gasteiger partial charge in [0.15, 0.2) is 0 Å². The highest BCUT2D eigenvalue weighted by molar-refractivity contribution is 5.31. The number of rotatable bonds is 3. The normalized spacial score (nSPS) is 13.2. The fraction of sp³-hybridized carbons (Fsp3) is 0.412. The van der Waals surface area contributed by atoms with Gasteiger partial charge in [-0.1, -0.05) is 45.0 Å². The van der Waals surface area contributed by atoms with Crippen LogP contribution in [0, 0.1) is 6.92 Å². The minimum Gasteiger partial charge on any atom is -0.307 e. The second-order valence-electron chi connectivity index (χ2n) is 6.21. The van der Waals surface area contributed by atoms with Crippen molar-refractivity contribution in [1.82, 2.24) is 15.3 Å². The van der Waals surface area contributed by atoms with Crippen molar-refractivity contribution < 1.29 is 0 Å². The van der Waals surface area contributed by atoms with E-state index in [9.17, 15) is 0 Å². The number of nitrogens with zero attached hydrogens (tertiary/aromatic N) is 2. The fourth-order valence-electron chi connectivity index (χ4n) is 2.17. The molecule has 0 aliphatic heterocycles. The smallest absolute Gasteiger partial charge is 0.149 e. The Kier molecular flexibility index (Phi) is 4.19. The number of aromatic nitrogens is 2. The zero-order valence-electron chi connectivity index (χ0n) is 12.9. The van der Waals surface area contributed by atoms with Gasteiger partial charge in [-0.25, -0.2) is 9.97 Å². The molecule has 1 N–H and O–H groups in total. The first-order chi connectivity index (χ1) is 9.41. The van der Waals surface area contributed by atoms with E-state index in [-0.39, 0.29) is 11.5 Å². The molecule has 3 heteroatoms. The summed E-state index contributed by atoms with van der Waals surface area (Å²) in [4.78, 5) is 8.85. The van der Waals surface area contributed by atoms with Gasteiger partial charge in [-0.15, -0.1) is 0 Å². The monoisotopic (exact) mass is 269 g/mol. The summed E-state index contributed by atoms with van der Waals surface area (Å²) in [5.41, 5.74) is 3.77. The van der Waals surface area contributed by atoms with Gasteiger partial charge in [0.25, 0.3) is 0 Å². The van der Waals surface area contributed by atoms with Crippen LogP contribution < -0.4 is 5.32 Å². The first-order valence-corrected chi connectivity index (χ1v) is 6.98. The summed E-state index contributed by atoms with van der Waals surface area (Å²) in [6, 6.07) is 8.72. The number of hydrogen-bond donors (Lipinski definition) is 1. The first-order valence-electron chi connectivity index (χ1n) is 6.98. The van der Waals surface area contributed by atoms with E-state index in [0.717, 1.165) is 11.4 Å². The van der Waals surface area contributed by atoms with Crippen LogP contribution in [0.15, 0.2) is 36.7 Å². The van der Waals surface area contributed by atoms with Crippen LogP contribution in [-0.2, 0) is 5.41 Å². The molecule has 106 valence electrons. The Balaban J connectivity index is 2.30. The van der Waals surface area contributed by atoms with E-state index in [1.54, 1.807) is 0 Å². The van der Waals surface area contributed by atoms with Crippen molar-refractivity contribution in [2.24, 2.45) is 0 Å². The van der Waals surface area contributed by atoms with Crippen molar-refractivity contribution in [1.29, 1.82) is 0 Å². The number of hydrogen-bond acceptors (Lipinski definition) is 3. The second kappa shape index (κ2) is 5.71. The molecule has 1 heterocycles. The van der Waals surface area contributed by atoms with Gasteiger partial charge in [0, 0.05) is 12.4 Å². The molecule has 1 unspecified atom stereocenters. The Bertz CT molecular complexity index is 550. The molecule has 0 bridgehead atoms. The summed E-state index contributed by atoms with van der Waals surface area (Å²) >= 11 is 0. The third-order valence-corrected chi connectivity index (χ3v) is 3.46. The van der Waals surface area contributed by atoms with Crippen LogP contribution in [0.3, 0.4) is 0 Å². The van der Waals surface area contributed by atoms with E-state index < -0.39 is 0 Å².